The lowest BCUT2D eigenvalue weighted by molar-refractivity contribution is 0.578. The number of aryl methyl sites for hydroxylation is 1. The molecule has 4 N–H and O–H groups in total. The van der Waals surface area contributed by atoms with E-state index in [0.29, 0.717) is 29.5 Å². The summed E-state index contributed by atoms with van der Waals surface area (Å²) in [4.78, 5) is 7.21. The number of nitrogens with two attached hydrogens (primary N) is 1. The van der Waals surface area contributed by atoms with Crippen molar-refractivity contribution in [2.45, 2.75) is 17.7 Å². The van der Waals surface area contributed by atoms with Crippen LogP contribution in [0.15, 0.2) is 40.0 Å². The van der Waals surface area contributed by atoms with Gasteiger partial charge in [-0.25, -0.2) is 18.1 Å². The van der Waals surface area contributed by atoms with Gasteiger partial charge in [0.1, 0.15) is 5.82 Å². The van der Waals surface area contributed by atoms with E-state index in [1.165, 1.54) is 12.1 Å². The number of aromatic amines is 1. The molecular weight excluding hydrogens is 344 g/mol. The normalized spacial score (nSPS) is 11.7. The van der Waals surface area contributed by atoms with E-state index in [9.17, 15) is 8.42 Å². The zero-order valence-electron chi connectivity index (χ0n) is 10.6. The van der Waals surface area contributed by atoms with Gasteiger partial charge in [-0.2, -0.15) is 0 Å². The van der Waals surface area contributed by atoms with Crippen LogP contribution >= 0.6 is 15.9 Å². The second-order valence-electron chi connectivity index (χ2n) is 4.22. The largest absolute Gasteiger partial charge is 0.398 e. The van der Waals surface area contributed by atoms with Crippen molar-refractivity contribution in [3.05, 3.63) is 40.9 Å². The third kappa shape index (κ3) is 3.81. The van der Waals surface area contributed by atoms with Gasteiger partial charge in [0.2, 0.25) is 10.0 Å². The molecule has 0 saturated carbocycles. The minimum Gasteiger partial charge on any atom is -0.398 e. The summed E-state index contributed by atoms with van der Waals surface area (Å²) in [5.41, 5.74) is 6.08. The number of sulfonamides is 1. The van der Waals surface area contributed by atoms with Crippen LogP contribution in [0.2, 0.25) is 0 Å². The highest BCUT2D eigenvalue weighted by Crippen LogP contribution is 2.22. The van der Waals surface area contributed by atoms with Crippen molar-refractivity contribution in [3.8, 4) is 0 Å². The smallest absolute Gasteiger partial charge is 0.240 e. The minimum atomic E-state index is -3.52. The highest BCUT2D eigenvalue weighted by Gasteiger charge is 2.14. The van der Waals surface area contributed by atoms with Crippen LogP contribution in [0.25, 0.3) is 0 Å². The molecule has 20 heavy (non-hydrogen) atoms. The van der Waals surface area contributed by atoms with Crippen molar-refractivity contribution >= 4 is 31.6 Å². The number of benzene rings is 1. The van der Waals surface area contributed by atoms with E-state index in [4.69, 9.17) is 5.73 Å². The third-order valence-electron chi connectivity index (χ3n) is 2.72. The van der Waals surface area contributed by atoms with Crippen LogP contribution < -0.4 is 10.5 Å². The fourth-order valence-electron chi connectivity index (χ4n) is 1.67. The van der Waals surface area contributed by atoms with E-state index in [1.807, 2.05) is 0 Å². The van der Waals surface area contributed by atoms with Crippen LogP contribution in [0, 0.1) is 0 Å². The van der Waals surface area contributed by atoms with Crippen molar-refractivity contribution < 1.29 is 8.42 Å². The van der Waals surface area contributed by atoms with Gasteiger partial charge in [0.15, 0.2) is 0 Å². The molecule has 6 nitrogen and oxygen atoms in total. The van der Waals surface area contributed by atoms with Crippen molar-refractivity contribution in [1.29, 1.82) is 0 Å². The Morgan fingerprint density at radius 2 is 2.20 bits per heavy atom. The van der Waals surface area contributed by atoms with E-state index >= 15 is 0 Å². The monoisotopic (exact) mass is 358 g/mol. The maximum atomic E-state index is 12.1. The number of imidazole rings is 1. The molecule has 0 aliphatic rings. The number of hydrogen-bond acceptors (Lipinski definition) is 4. The molecule has 2 rings (SSSR count). The van der Waals surface area contributed by atoms with Gasteiger partial charge in [-0.15, -0.1) is 0 Å². The molecular formula is C12H15BrN4O2S. The summed E-state index contributed by atoms with van der Waals surface area (Å²) < 4.78 is 27.3. The summed E-state index contributed by atoms with van der Waals surface area (Å²) in [5, 5.41) is 0. The maximum absolute atomic E-state index is 12.1. The minimum absolute atomic E-state index is 0.163. The lowest BCUT2D eigenvalue weighted by Gasteiger charge is -2.07. The molecule has 0 amide bonds. The van der Waals surface area contributed by atoms with Gasteiger partial charge in [0.05, 0.1) is 4.90 Å². The SMILES string of the molecule is Nc1cc(S(=O)(=O)NCCCc2ncc[nH]2)ccc1Br. The van der Waals surface area contributed by atoms with Crippen molar-refractivity contribution in [1.82, 2.24) is 14.7 Å². The highest BCUT2D eigenvalue weighted by atomic mass is 79.9. The molecule has 8 heteroatoms. The molecule has 0 saturated heterocycles. The zero-order chi connectivity index (χ0) is 14.6. The Balaban J connectivity index is 1.92. The Morgan fingerprint density at radius 1 is 1.40 bits per heavy atom. The second-order valence-corrected chi connectivity index (χ2v) is 6.84. The molecule has 0 spiro atoms. The van der Waals surface area contributed by atoms with Gasteiger partial charge < -0.3 is 10.7 Å². The molecule has 108 valence electrons. The van der Waals surface area contributed by atoms with Gasteiger partial charge in [-0.05, 0) is 40.5 Å². The summed E-state index contributed by atoms with van der Waals surface area (Å²) in [7, 11) is -3.52. The van der Waals surface area contributed by atoms with E-state index in [0.717, 1.165) is 5.82 Å². The second kappa shape index (κ2) is 6.38. The average molecular weight is 359 g/mol. The fraction of sp³-hybridized carbons (Fsp3) is 0.250. The first-order chi connectivity index (χ1) is 9.49. The number of aromatic nitrogens is 2. The standard InChI is InChI=1S/C12H15BrN4O2S/c13-10-4-3-9(8-11(10)14)20(18,19)17-5-1-2-12-15-6-7-16-12/h3-4,6-8,17H,1-2,5,14H2,(H,15,16). The van der Waals surface area contributed by atoms with Crippen molar-refractivity contribution in [2.24, 2.45) is 0 Å². The number of hydrogen-bond donors (Lipinski definition) is 3. The lowest BCUT2D eigenvalue weighted by Crippen LogP contribution is -2.25. The average Bonchev–Trinajstić information content (AvgIpc) is 2.91. The molecule has 1 heterocycles. The van der Waals surface area contributed by atoms with Gasteiger partial charge in [0.25, 0.3) is 0 Å². The number of rotatable bonds is 6. The number of anilines is 1. The molecule has 0 aliphatic heterocycles. The first-order valence-electron chi connectivity index (χ1n) is 6.02. The van der Waals surface area contributed by atoms with E-state index < -0.39 is 10.0 Å². The van der Waals surface area contributed by atoms with Crippen LogP contribution in [0.4, 0.5) is 5.69 Å². The predicted octanol–water partition coefficient (Wildman–Crippen LogP) is 1.67. The highest BCUT2D eigenvalue weighted by molar-refractivity contribution is 9.10. The number of halogens is 1. The molecule has 1 aromatic carbocycles. The van der Waals surface area contributed by atoms with E-state index in [2.05, 4.69) is 30.6 Å². The van der Waals surface area contributed by atoms with Crippen molar-refractivity contribution in [3.63, 3.8) is 0 Å². The Bertz CT molecular complexity index is 671. The van der Waals surface area contributed by atoms with Gasteiger partial charge in [-0.3, -0.25) is 0 Å². The van der Waals surface area contributed by atoms with Crippen LogP contribution in [0.5, 0.6) is 0 Å². The van der Waals surface area contributed by atoms with E-state index in [-0.39, 0.29) is 4.90 Å². The number of H-pyrrole nitrogens is 1. The van der Waals surface area contributed by atoms with Crippen LogP contribution in [-0.4, -0.2) is 24.9 Å². The third-order valence-corrected chi connectivity index (χ3v) is 4.90. The molecule has 0 bridgehead atoms. The number of nitrogens with zero attached hydrogens (tertiary/aromatic N) is 1. The summed E-state index contributed by atoms with van der Waals surface area (Å²) >= 11 is 3.23. The Labute approximate surface area is 126 Å². The van der Waals surface area contributed by atoms with Gasteiger partial charge in [0, 0.05) is 35.5 Å². The number of nitrogen functional groups attached to an aromatic ring is 1. The summed E-state index contributed by atoms with van der Waals surface area (Å²) in [6.45, 7) is 0.346. The molecule has 2 aromatic rings. The quantitative estimate of drug-likeness (QED) is 0.539. The maximum Gasteiger partial charge on any atom is 0.240 e. The molecule has 0 radical (unpaired) electrons. The molecule has 1 aromatic heterocycles. The van der Waals surface area contributed by atoms with Crippen LogP contribution in [-0.2, 0) is 16.4 Å². The zero-order valence-corrected chi connectivity index (χ0v) is 13.0. The molecule has 0 aliphatic carbocycles. The predicted molar refractivity (Wildman–Crippen MR) is 80.7 cm³/mol. The summed E-state index contributed by atoms with van der Waals surface area (Å²) in [5.74, 6) is 0.845. The number of nitrogens with one attached hydrogen (secondary N) is 2. The van der Waals surface area contributed by atoms with Gasteiger partial charge >= 0.3 is 0 Å². The summed E-state index contributed by atoms with van der Waals surface area (Å²) in [6, 6.07) is 4.56. The lowest BCUT2D eigenvalue weighted by atomic mass is 10.3. The van der Waals surface area contributed by atoms with Crippen LogP contribution in [0.3, 0.4) is 0 Å². The topological polar surface area (TPSA) is 101 Å². The summed E-state index contributed by atoms with van der Waals surface area (Å²) in [6.07, 6.45) is 4.77. The van der Waals surface area contributed by atoms with Crippen molar-refractivity contribution in [2.75, 3.05) is 12.3 Å². The molecule has 0 unspecified atom stereocenters. The van der Waals surface area contributed by atoms with Crippen LogP contribution in [0.1, 0.15) is 12.2 Å². The Kier molecular flexibility index (Phi) is 4.79. The fourth-order valence-corrected chi connectivity index (χ4v) is 3.03. The van der Waals surface area contributed by atoms with E-state index in [1.54, 1.807) is 18.5 Å². The first-order valence-corrected chi connectivity index (χ1v) is 8.29. The first kappa shape index (κ1) is 15.0. The molecule has 0 fully saturated rings. The van der Waals surface area contributed by atoms with Gasteiger partial charge in [-0.1, -0.05) is 0 Å². The molecule has 0 atom stereocenters. The Morgan fingerprint density at radius 3 is 2.85 bits per heavy atom. The Hall–Kier alpha value is -1.38.